The summed E-state index contributed by atoms with van der Waals surface area (Å²) in [6.07, 6.45) is 1.81. The van der Waals surface area contributed by atoms with Gasteiger partial charge in [0.05, 0.1) is 11.1 Å². The van der Waals surface area contributed by atoms with Crippen LogP contribution in [0.1, 0.15) is 37.6 Å². The number of aromatic nitrogens is 2. The van der Waals surface area contributed by atoms with E-state index >= 15 is 0 Å². The van der Waals surface area contributed by atoms with Gasteiger partial charge in [0.15, 0.2) is 0 Å². The van der Waals surface area contributed by atoms with E-state index in [0.29, 0.717) is 11.1 Å². The Morgan fingerprint density at radius 1 is 0.818 bits per heavy atom. The minimum atomic E-state index is -0.447. The minimum absolute atomic E-state index is 0.109. The predicted molar refractivity (Wildman–Crippen MR) is 135 cm³/mol. The Bertz CT molecular complexity index is 1560. The summed E-state index contributed by atoms with van der Waals surface area (Å²) >= 11 is 13.4. The zero-order valence-electron chi connectivity index (χ0n) is 18.7. The van der Waals surface area contributed by atoms with E-state index < -0.39 is 11.6 Å². The molecule has 0 fully saturated rings. The molecule has 1 aliphatic rings. The zero-order valence-corrected chi connectivity index (χ0v) is 20.2. The van der Waals surface area contributed by atoms with Crippen LogP contribution >= 0.6 is 23.2 Å². The summed E-state index contributed by atoms with van der Waals surface area (Å²) in [4.78, 5) is 30.8. The third kappa shape index (κ3) is 3.20. The van der Waals surface area contributed by atoms with Crippen molar-refractivity contribution in [2.75, 3.05) is 0 Å². The van der Waals surface area contributed by atoms with Crippen molar-refractivity contribution in [1.29, 1.82) is 0 Å². The summed E-state index contributed by atoms with van der Waals surface area (Å²) in [5, 5.41) is 1.45. The number of carbonyl (C=O) groups excluding carboxylic acids is 2. The van der Waals surface area contributed by atoms with Gasteiger partial charge >= 0.3 is 0 Å². The van der Waals surface area contributed by atoms with E-state index in [-0.39, 0.29) is 26.6 Å². The first-order valence-electron chi connectivity index (χ1n) is 10.7. The molecule has 2 heterocycles. The average Bonchev–Trinajstić information content (AvgIpc) is 3.32. The molecular weight excluding hydrogens is 455 g/mol. The topological polar surface area (TPSA) is 54.9 Å². The highest BCUT2D eigenvalue weighted by Gasteiger charge is 2.38. The number of nitrogens with one attached hydrogen (secondary N) is 1. The summed E-state index contributed by atoms with van der Waals surface area (Å²) in [5.74, 6) is -0.891. The number of H-pyrrole nitrogens is 1. The average molecular weight is 477 g/mol. The van der Waals surface area contributed by atoms with Gasteiger partial charge in [-0.15, -0.1) is 0 Å². The highest BCUT2D eigenvalue weighted by Crippen LogP contribution is 2.45. The number of ketones is 2. The second-order valence-electron chi connectivity index (χ2n) is 9.38. The van der Waals surface area contributed by atoms with Crippen LogP contribution in [0.15, 0.2) is 64.8 Å². The third-order valence-corrected chi connectivity index (χ3v) is 6.89. The second-order valence-corrected chi connectivity index (χ2v) is 10.1. The Kier molecular flexibility index (Phi) is 4.93. The predicted octanol–water partition coefficient (Wildman–Crippen LogP) is 6.71. The van der Waals surface area contributed by atoms with Crippen molar-refractivity contribution < 1.29 is 9.59 Å². The summed E-state index contributed by atoms with van der Waals surface area (Å²) in [6.45, 7) is 6.14. The SMILES string of the molecule is Cn1cc(C2=C(Cl)C(=O)C(c3c(C(C)(C)C)[nH]c4ccccc34)=C(Cl)C2=O)c2ccccc21. The van der Waals surface area contributed by atoms with Gasteiger partial charge in [-0.05, 0) is 12.1 Å². The summed E-state index contributed by atoms with van der Waals surface area (Å²) < 4.78 is 1.91. The zero-order chi connectivity index (χ0) is 23.7. The van der Waals surface area contributed by atoms with Crippen LogP contribution < -0.4 is 0 Å². The van der Waals surface area contributed by atoms with Crippen LogP contribution in [-0.2, 0) is 22.1 Å². The lowest BCUT2D eigenvalue weighted by atomic mass is 9.82. The number of hydrogen-bond acceptors (Lipinski definition) is 2. The van der Waals surface area contributed by atoms with Gasteiger partial charge in [-0.25, -0.2) is 0 Å². The number of nitrogens with zero attached hydrogens (tertiary/aromatic N) is 1. The van der Waals surface area contributed by atoms with Gasteiger partial charge in [-0.2, -0.15) is 0 Å². The van der Waals surface area contributed by atoms with Gasteiger partial charge in [0.25, 0.3) is 0 Å². The van der Waals surface area contributed by atoms with Crippen LogP contribution in [0.3, 0.4) is 0 Å². The Morgan fingerprint density at radius 2 is 1.39 bits per heavy atom. The fourth-order valence-corrected chi connectivity index (χ4v) is 5.17. The van der Waals surface area contributed by atoms with Crippen LogP contribution in [-0.4, -0.2) is 21.1 Å². The number of benzene rings is 2. The van der Waals surface area contributed by atoms with E-state index in [1.807, 2.05) is 87.1 Å². The van der Waals surface area contributed by atoms with Crippen LogP contribution in [0.5, 0.6) is 0 Å². The number of aromatic amines is 1. The fraction of sp³-hybridized carbons (Fsp3) is 0.185. The number of allylic oxidation sites excluding steroid dienone is 4. The third-order valence-electron chi connectivity index (χ3n) is 6.16. The van der Waals surface area contributed by atoms with E-state index in [2.05, 4.69) is 4.98 Å². The number of para-hydroxylation sites is 2. The molecule has 0 saturated carbocycles. The molecule has 5 rings (SSSR count). The normalized spacial score (nSPS) is 15.5. The van der Waals surface area contributed by atoms with Crippen molar-refractivity contribution in [2.24, 2.45) is 7.05 Å². The van der Waals surface area contributed by atoms with Crippen molar-refractivity contribution in [3.8, 4) is 0 Å². The van der Waals surface area contributed by atoms with Crippen LogP contribution in [0.4, 0.5) is 0 Å². The van der Waals surface area contributed by atoms with Crippen molar-refractivity contribution in [3.05, 3.63) is 81.6 Å². The Balaban J connectivity index is 1.77. The molecule has 0 radical (unpaired) electrons. The number of hydrogen-bond donors (Lipinski definition) is 1. The van der Waals surface area contributed by atoms with E-state index in [1.54, 1.807) is 0 Å². The van der Waals surface area contributed by atoms with Gasteiger partial charge in [0, 0.05) is 57.3 Å². The lowest BCUT2D eigenvalue weighted by Gasteiger charge is -2.23. The first-order valence-corrected chi connectivity index (χ1v) is 11.4. The van der Waals surface area contributed by atoms with E-state index in [0.717, 1.165) is 27.5 Å². The summed E-state index contributed by atoms with van der Waals surface area (Å²) in [5.41, 5.74) is 3.84. The van der Waals surface area contributed by atoms with Gasteiger partial charge in [-0.3, -0.25) is 9.59 Å². The molecule has 6 heteroatoms. The minimum Gasteiger partial charge on any atom is -0.357 e. The molecule has 0 amide bonds. The molecule has 2 aromatic carbocycles. The Morgan fingerprint density at radius 3 is 2.09 bits per heavy atom. The van der Waals surface area contributed by atoms with E-state index in [4.69, 9.17) is 23.2 Å². The number of aryl methyl sites for hydroxylation is 1. The molecule has 0 saturated heterocycles. The Hall–Kier alpha value is -3.08. The maximum atomic E-state index is 13.7. The van der Waals surface area contributed by atoms with Crippen molar-refractivity contribution in [3.63, 3.8) is 0 Å². The van der Waals surface area contributed by atoms with Gasteiger partial charge in [0.2, 0.25) is 11.6 Å². The number of fused-ring (bicyclic) bond motifs is 2. The molecule has 0 unspecified atom stereocenters. The van der Waals surface area contributed by atoms with Crippen molar-refractivity contribution in [2.45, 2.75) is 26.2 Å². The lowest BCUT2D eigenvalue weighted by molar-refractivity contribution is -0.113. The monoisotopic (exact) mass is 476 g/mol. The highest BCUT2D eigenvalue weighted by atomic mass is 35.5. The molecule has 2 aromatic heterocycles. The van der Waals surface area contributed by atoms with Crippen LogP contribution in [0.2, 0.25) is 0 Å². The number of Topliss-reactive ketones (excluding diaryl/α,β-unsaturated/α-hetero) is 2. The number of rotatable bonds is 2. The van der Waals surface area contributed by atoms with Crippen molar-refractivity contribution >= 4 is 67.7 Å². The molecule has 0 spiro atoms. The molecular formula is C27H22Cl2N2O2. The van der Waals surface area contributed by atoms with Gasteiger partial charge < -0.3 is 9.55 Å². The standard InChI is InChI=1S/C27H22Cl2N2O2/c1-27(2,3)26-19(15-10-5-7-11-17(15)30-26)21-23(29)24(32)20(22(28)25(21)33)16-13-31(4)18-12-8-6-9-14(16)18/h5-13,30H,1-4H3. The van der Waals surface area contributed by atoms with Crippen molar-refractivity contribution in [1.82, 2.24) is 9.55 Å². The van der Waals surface area contributed by atoms with Gasteiger partial charge in [0.1, 0.15) is 10.1 Å². The number of halogens is 2. The molecule has 0 aliphatic heterocycles. The quantitative estimate of drug-likeness (QED) is 0.326. The molecule has 4 aromatic rings. The first kappa shape index (κ1) is 21.7. The maximum Gasteiger partial charge on any atom is 0.207 e. The lowest BCUT2D eigenvalue weighted by Crippen LogP contribution is -2.21. The first-order chi connectivity index (χ1) is 15.6. The van der Waals surface area contributed by atoms with E-state index in [9.17, 15) is 9.59 Å². The molecule has 1 N–H and O–H groups in total. The molecule has 0 atom stereocenters. The molecule has 4 nitrogen and oxygen atoms in total. The van der Waals surface area contributed by atoms with E-state index in [1.165, 1.54) is 0 Å². The molecule has 33 heavy (non-hydrogen) atoms. The highest BCUT2D eigenvalue weighted by molar-refractivity contribution is 6.68. The van der Waals surface area contributed by atoms with Gasteiger partial charge in [-0.1, -0.05) is 80.4 Å². The molecule has 166 valence electrons. The Labute approximate surface area is 201 Å². The second kappa shape index (κ2) is 7.47. The maximum absolute atomic E-state index is 13.7. The molecule has 0 bridgehead atoms. The van der Waals surface area contributed by atoms with Crippen LogP contribution in [0, 0.1) is 0 Å². The number of carbonyl (C=O) groups is 2. The fourth-order valence-electron chi connectivity index (χ4n) is 4.61. The smallest absolute Gasteiger partial charge is 0.207 e. The molecule has 1 aliphatic carbocycles. The summed E-state index contributed by atoms with van der Waals surface area (Å²) in [6, 6.07) is 15.3. The summed E-state index contributed by atoms with van der Waals surface area (Å²) in [7, 11) is 1.89. The van der Waals surface area contributed by atoms with Crippen LogP contribution in [0.25, 0.3) is 33.0 Å². The largest absolute Gasteiger partial charge is 0.357 e.